The van der Waals surface area contributed by atoms with Gasteiger partial charge in [0.15, 0.2) is 0 Å². The fourth-order valence-electron chi connectivity index (χ4n) is 0.275. The minimum Gasteiger partial charge on any atom is -0.328 e. The second-order valence-corrected chi connectivity index (χ2v) is 1.39. The summed E-state index contributed by atoms with van der Waals surface area (Å²) in [7, 11) is 0. The van der Waals surface area contributed by atoms with Gasteiger partial charge in [-0.3, -0.25) is 0 Å². The normalized spacial score (nSPS) is 9.75. The summed E-state index contributed by atoms with van der Waals surface area (Å²) < 4.78 is 0. The molecule has 0 aromatic heterocycles. The SMILES string of the molecule is [CH2]CCNOCCN. The van der Waals surface area contributed by atoms with Crippen LogP contribution in [0.25, 0.3) is 0 Å². The lowest BCUT2D eigenvalue weighted by Crippen LogP contribution is -2.20. The van der Waals surface area contributed by atoms with E-state index in [-0.39, 0.29) is 0 Å². The fourth-order valence-corrected chi connectivity index (χ4v) is 0.275. The van der Waals surface area contributed by atoms with E-state index in [1.54, 1.807) is 0 Å². The molecule has 0 aliphatic heterocycles. The van der Waals surface area contributed by atoms with Gasteiger partial charge in [0.1, 0.15) is 0 Å². The molecule has 8 heavy (non-hydrogen) atoms. The van der Waals surface area contributed by atoms with Gasteiger partial charge in [-0.25, -0.2) is 5.48 Å². The highest BCUT2D eigenvalue weighted by atomic mass is 16.6. The van der Waals surface area contributed by atoms with Crippen molar-refractivity contribution in [3.63, 3.8) is 0 Å². The molecule has 0 aliphatic rings. The van der Waals surface area contributed by atoms with Crippen LogP contribution in [0.2, 0.25) is 0 Å². The van der Waals surface area contributed by atoms with Crippen molar-refractivity contribution in [1.82, 2.24) is 5.48 Å². The number of rotatable bonds is 5. The lowest BCUT2D eigenvalue weighted by Gasteiger charge is -1.99. The van der Waals surface area contributed by atoms with Crippen molar-refractivity contribution in [1.29, 1.82) is 0 Å². The van der Waals surface area contributed by atoms with Crippen molar-refractivity contribution in [2.45, 2.75) is 6.42 Å². The van der Waals surface area contributed by atoms with Crippen molar-refractivity contribution in [2.75, 3.05) is 19.7 Å². The van der Waals surface area contributed by atoms with E-state index >= 15 is 0 Å². The molecule has 0 aliphatic carbocycles. The zero-order valence-electron chi connectivity index (χ0n) is 5.02. The van der Waals surface area contributed by atoms with Gasteiger partial charge in [-0.1, -0.05) is 6.92 Å². The molecule has 0 aromatic rings. The molecule has 0 heterocycles. The first-order valence-corrected chi connectivity index (χ1v) is 2.75. The minimum atomic E-state index is 0.560. The van der Waals surface area contributed by atoms with Gasteiger partial charge in [-0.05, 0) is 6.42 Å². The Balaban J connectivity index is 2.53. The fraction of sp³-hybridized carbons (Fsp3) is 0.800. The molecule has 0 saturated heterocycles. The summed E-state index contributed by atoms with van der Waals surface area (Å²) in [5.41, 5.74) is 7.82. The average Bonchev–Trinajstić information content (AvgIpc) is 1.81. The quantitative estimate of drug-likeness (QED) is 0.383. The van der Waals surface area contributed by atoms with E-state index in [4.69, 9.17) is 10.6 Å². The predicted octanol–water partition coefficient (Wildman–Crippen LogP) is -0.310. The maximum absolute atomic E-state index is 5.13. The molecule has 0 atom stereocenters. The summed E-state index contributed by atoms with van der Waals surface area (Å²) in [6.07, 6.45) is 0.838. The molecule has 0 aromatic carbocycles. The second-order valence-electron chi connectivity index (χ2n) is 1.39. The van der Waals surface area contributed by atoms with Crippen LogP contribution < -0.4 is 11.2 Å². The van der Waals surface area contributed by atoms with Crippen LogP contribution in [0.5, 0.6) is 0 Å². The maximum Gasteiger partial charge on any atom is 0.0804 e. The number of nitrogens with one attached hydrogen (secondary N) is 1. The second kappa shape index (κ2) is 6.88. The molecular weight excluding hydrogens is 104 g/mol. The van der Waals surface area contributed by atoms with Crippen molar-refractivity contribution >= 4 is 0 Å². The lowest BCUT2D eigenvalue weighted by atomic mass is 10.5. The molecule has 0 unspecified atom stereocenters. The van der Waals surface area contributed by atoms with E-state index in [0.717, 1.165) is 13.0 Å². The van der Waals surface area contributed by atoms with Crippen LogP contribution in [0, 0.1) is 6.92 Å². The van der Waals surface area contributed by atoms with Crippen LogP contribution >= 0.6 is 0 Å². The molecule has 3 nitrogen and oxygen atoms in total. The molecule has 0 bridgehead atoms. The third-order valence-electron chi connectivity index (χ3n) is 0.601. The molecule has 3 N–H and O–H groups in total. The van der Waals surface area contributed by atoms with Gasteiger partial charge in [0, 0.05) is 13.1 Å². The largest absolute Gasteiger partial charge is 0.328 e. The lowest BCUT2D eigenvalue weighted by molar-refractivity contribution is 0.0480. The third kappa shape index (κ3) is 5.88. The number of hydrogen-bond acceptors (Lipinski definition) is 3. The van der Waals surface area contributed by atoms with Crippen molar-refractivity contribution in [2.24, 2.45) is 5.73 Å². The van der Waals surface area contributed by atoms with E-state index in [2.05, 4.69) is 12.4 Å². The van der Waals surface area contributed by atoms with Crippen molar-refractivity contribution in [3.8, 4) is 0 Å². The summed E-state index contributed by atoms with van der Waals surface area (Å²) >= 11 is 0. The summed E-state index contributed by atoms with van der Waals surface area (Å²) in [6, 6.07) is 0. The van der Waals surface area contributed by atoms with E-state index < -0.39 is 0 Å². The number of hydrogen-bond donors (Lipinski definition) is 2. The molecule has 49 valence electrons. The average molecular weight is 117 g/mol. The van der Waals surface area contributed by atoms with E-state index in [0.29, 0.717) is 13.2 Å². The molecule has 0 spiro atoms. The predicted molar refractivity (Wildman–Crippen MR) is 33.0 cm³/mol. The zero-order valence-corrected chi connectivity index (χ0v) is 5.02. The third-order valence-corrected chi connectivity index (χ3v) is 0.601. The Morgan fingerprint density at radius 3 is 2.88 bits per heavy atom. The topological polar surface area (TPSA) is 47.3 Å². The summed E-state index contributed by atoms with van der Waals surface area (Å²) in [5.74, 6) is 0. The van der Waals surface area contributed by atoms with Crippen molar-refractivity contribution < 1.29 is 4.84 Å². The van der Waals surface area contributed by atoms with Crippen molar-refractivity contribution in [3.05, 3.63) is 6.92 Å². The first-order chi connectivity index (χ1) is 3.91. The maximum atomic E-state index is 5.13. The Hall–Kier alpha value is -0.120. The monoisotopic (exact) mass is 117 g/mol. The molecule has 1 radical (unpaired) electrons. The molecule has 0 rings (SSSR count). The Kier molecular flexibility index (Phi) is 6.78. The van der Waals surface area contributed by atoms with E-state index in [1.807, 2.05) is 0 Å². The highest BCUT2D eigenvalue weighted by molar-refractivity contribution is 4.37. The number of hydroxylamine groups is 1. The molecule has 0 saturated carbocycles. The van der Waals surface area contributed by atoms with Crippen LogP contribution in [-0.4, -0.2) is 19.7 Å². The van der Waals surface area contributed by atoms with E-state index in [9.17, 15) is 0 Å². The van der Waals surface area contributed by atoms with Crippen LogP contribution in [0.4, 0.5) is 0 Å². The van der Waals surface area contributed by atoms with Gasteiger partial charge in [-0.15, -0.1) is 0 Å². The van der Waals surface area contributed by atoms with Crippen LogP contribution in [0.1, 0.15) is 6.42 Å². The highest BCUT2D eigenvalue weighted by Gasteiger charge is 1.79. The molecule has 0 amide bonds. The van der Waals surface area contributed by atoms with Gasteiger partial charge in [0.05, 0.1) is 6.61 Å². The Morgan fingerprint density at radius 1 is 1.62 bits per heavy atom. The van der Waals surface area contributed by atoms with Crippen LogP contribution in [0.15, 0.2) is 0 Å². The number of nitrogens with two attached hydrogens (primary N) is 1. The highest BCUT2D eigenvalue weighted by Crippen LogP contribution is 1.68. The Labute approximate surface area is 50.2 Å². The van der Waals surface area contributed by atoms with Crippen LogP contribution in [0.3, 0.4) is 0 Å². The smallest absolute Gasteiger partial charge is 0.0804 e. The van der Waals surface area contributed by atoms with Gasteiger partial charge in [0.25, 0.3) is 0 Å². The minimum absolute atomic E-state index is 0.560. The molecule has 0 fully saturated rings. The summed E-state index contributed by atoms with van der Waals surface area (Å²) in [6.45, 7) is 5.53. The summed E-state index contributed by atoms with van der Waals surface area (Å²) in [5, 5.41) is 0. The Morgan fingerprint density at radius 2 is 2.38 bits per heavy atom. The summed E-state index contributed by atoms with van der Waals surface area (Å²) in [4.78, 5) is 4.81. The van der Waals surface area contributed by atoms with Crippen LogP contribution in [-0.2, 0) is 4.84 Å². The van der Waals surface area contributed by atoms with Gasteiger partial charge in [0.2, 0.25) is 0 Å². The molecular formula is C5H13N2O. The standard InChI is InChI=1S/C5H13N2O/c1-2-4-7-8-5-3-6/h7H,1-6H2. The van der Waals surface area contributed by atoms with Gasteiger partial charge < -0.3 is 10.6 Å². The first-order valence-electron chi connectivity index (χ1n) is 2.75. The Bertz CT molecular complexity index is 35.4. The van der Waals surface area contributed by atoms with Gasteiger partial charge in [-0.2, -0.15) is 0 Å². The molecule has 3 heteroatoms. The van der Waals surface area contributed by atoms with E-state index in [1.165, 1.54) is 0 Å². The first kappa shape index (κ1) is 7.88. The van der Waals surface area contributed by atoms with Gasteiger partial charge >= 0.3 is 0 Å². The zero-order chi connectivity index (χ0) is 6.24.